The molecule has 2 bridgehead atoms. The Balaban J connectivity index is 1.72. The van der Waals surface area contributed by atoms with E-state index in [0.29, 0.717) is 23.2 Å². The molecule has 2 aliphatic rings. The maximum atomic E-state index is 12.3. The summed E-state index contributed by atoms with van der Waals surface area (Å²) in [5.41, 5.74) is 0.674. The number of hydrogen-bond acceptors (Lipinski definition) is 5. The van der Waals surface area contributed by atoms with Gasteiger partial charge in [0, 0.05) is 6.54 Å². The molecule has 1 N–H and O–H groups in total. The molecule has 0 amide bonds. The van der Waals surface area contributed by atoms with Crippen LogP contribution in [-0.4, -0.2) is 53.6 Å². The van der Waals surface area contributed by atoms with Crippen molar-refractivity contribution < 1.29 is 4.74 Å². The van der Waals surface area contributed by atoms with Crippen molar-refractivity contribution in [3.63, 3.8) is 0 Å². The van der Waals surface area contributed by atoms with Gasteiger partial charge in [-0.05, 0) is 49.3 Å². The Bertz CT molecular complexity index is 575. The van der Waals surface area contributed by atoms with Gasteiger partial charge in [-0.1, -0.05) is 0 Å². The van der Waals surface area contributed by atoms with E-state index < -0.39 is 0 Å². The molecular formula is C14H21BrN4O2. The topological polar surface area (TPSA) is 59.4 Å². The molecule has 3 rings (SSSR count). The molecule has 3 atom stereocenters. The minimum absolute atomic E-state index is 0.0917. The van der Waals surface area contributed by atoms with E-state index in [4.69, 9.17) is 4.74 Å². The highest BCUT2D eigenvalue weighted by molar-refractivity contribution is 9.10. The van der Waals surface area contributed by atoms with Gasteiger partial charge in [-0.3, -0.25) is 4.79 Å². The van der Waals surface area contributed by atoms with E-state index in [2.05, 4.69) is 26.3 Å². The summed E-state index contributed by atoms with van der Waals surface area (Å²) in [5, 5.41) is 7.67. The van der Waals surface area contributed by atoms with Gasteiger partial charge >= 0.3 is 0 Å². The molecule has 2 aliphatic heterocycles. The van der Waals surface area contributed by atoms with Crippen LogP contribution in [0.5, 0.6) is 0 Å². The molecule has 0 spiro atoms. The summed E-state index contributed by atoms with van der Waals surface area (Å²) < 4.78 is 7.88. The van der Waals surface area contributed by atoms with Crippen molar-refractivity contribution in [1.82, 2.24) is 14.7 Å². The number of fused-ring (bicyclic) bond motifs is 2. The fourth-order valence-electron chi connectivity index (χ4n) is 3.01. The highest BCUT2D eigenvalue weighted by Crippen LogP contribution is 2.36. The Labute approximate surface area is 132 Å². The number of halogens is 1. The molecule has 7 heteroatoms. The van der Waals surface area contributed by atoms with Gasteiger partial charge in [-0.2, -0.15) is 5.10 Å². The van der Waals surface area contributed by atoms with Crippen LogP contribution in [0.3, 0.4) is 0 Å². The molecule has 2 fully saturated rings. The fourth-order valence-corrected chi connectivity index (χ4v) is 3.43. The lowest BCUT2D eigenvalue weighted by molar-refractivity contribution is 0.102. The number of nitrogens with one attached hydrogen (secondary N) is 1. The van der Waals surface area contributed by atoms with Crippen LogP contribution in [0.25, 0.3) is 0 Å². The summed E-state index contributed by atoms with van der Waals surface area (Å²) in [6.07, 6.45) is 5.67. The minimum atomic E-state index is -0.0917. The average Bonchev–Trinajstić information content (AvgIpc) is 3.05. The zero-order valence-corrected chi connectivity index (χ0v) is 14.0. The van der Waals surface area contributed by atoms with Gasteiger partial charge in [0.25, 0.3) is 5.56 Å². The van der Waals surface area contributed by atoms with E-state index in [1.165, 1.54) is 4.68 Å². The first-order valence-corrected chi connectivity index (χ1v) is 8.16. The molecular weight excluding hydrogens is 336 g/mol. The third-order valence-corrected chi connectivity index (χ3v) is 4.96. The van der Waals surface area contributed by atoms with Gasteiger partial charge in [-0.25, -0.2) is 4.68 Å². The third-order valence-electron chi connectivity index (χ3n) is 4.19. The Hall–Kier alpha value is -0.920. The van der Waals surface area contributed by atoms with Crippen LogP contribution in [0.2, 0.25) is 0 Å². The number of ether oxygens (including phenoxy) is 1. The first-order chi connectivity index (χ1) is 10.0. The van der Waals surface area contributed by atoms with Crippen molar-refractivity contribution in [2.45, 2.75) is 44.1 Å². The maximum Gasteiger partial charge on any atom is 0.283 e. The molecule has 0 saturated carbocycles. The summed E-state index contributed by atoms with van der Waals surface area (Å²) in [5.74, 6) is 0. The lowest BCUT2D eigenvalue weighted by Crippen LogP contribution is -2.33. The Kier molecular flexibility index (Phi) is 4.33. The average molecular weight is 357 g/mol. The van der Waals surface area contributed by atoms with Gasteiger partial charge in [0.05, 0.1) is 36.7 Å². The number of rotatable bonds is 5. The highest BCUT2D eigenvalue weighted by Gasteiger charge is 2.40. The molecule has 0 radical (unpaired) electrons. The van der Waals surface area contributed by atoms with E-state index in [-0.39, 0.29) is 11.7 Å². The van der Waals surface area contributed by atoms with Crippen molar-refractivity contribution in [3.8, 4) is 0 Å². The van der Waals surface area contributed by atoms with Crippen LogP contribution in [0.1, 0.15) is 19.3 Å². The monoisotopic (exact) mass is 356 g/mol. The van der Waals surface area contributed by atoms with Crippen molar-refractivity contribution in [2.24, 2.45) is 0 Å². The standard InChI is InChI=1S/C14H21BrN4O2/c1-18(2)5-6-19-14(20)13(15)11(8-16-19)17-10-7-9-3-4-12(10)21-9/h8-10,12,17H,3-7H2,1-2H3. The smallest absolute Gasteiger partial charge is 0.283 e. The van der Waals surface area contributed by atoms with Gasteiger partial charge in [0.15, 0.2) is 0 Å². The second kappa shape index (κ2) is 6.06. The molecule has 3 heterocycles. The molecule has 6 nitrogen and oxygen atoms in total. The predicted octanol–water partition coefficient (Wildman–Crippen LogP) is 1.30. The largest absolute Gasteiger partial charge is 0.377 e. The molecule has 21 heavy (non-hydrogen) atoms. The van der Waals surface area contributed by atoms with Crippen LogP contribution >= 0.6 is 15.9 Å². The van der Waals surface area contributed by atoms with E-state index in [1.807, 2.05) is 19.0 Å². The summed E-state index contributed by atoms with van der Waals surface area (Å²) in [4.78, 5) is 14.3. The van der Waals surface area contributed by atoms with Crippen molar-refractivity contribution in [2.75, 3.05) is 26.0 Å². The van der Waals surface area contributed by atoms with Gasteiger partial charge < -0.3 is 15.0 Å². The lowest BCUT2D eigenvalue weighted by atomic mass is 9.95. The predicted molar refractivity (Wildman–Crippen MR) is 84.7 cm³/mol. The highest BCUT2D eigenvalue weighted by atomic mass is 79.9. The van der Waals surface area contributed by atoms with E-state index in [0.717, 1.165) is 31.5 Å². The second-order valence-electron chi connectivity index (χ2n) is 6.06. The van der Waals surface area contributed by atoms with Crippen LogP contribution in [0.4, 0.5) is 5.69 Å². The number of nitrogens with zero attached hydrogens (tertiary/aromatic N) is 3. The number of likely N-dealkylation sites (N-methyl/N-ethyl adjacent to an activating group) is 1. The molecule has 116 valence electrons. The minimum Gasteiger partial charge on any atom is -0.377 e. The molecule has 0 aliphatic carbocycles. The maximum absolute atomic E-state index is 12.3. The van der Waals surface area contributed by atoms with E-state index in [9.17, 15) is 4.79 Å². The zero-order valence-electron chi connectivity index (χ0n) is 12.4. The van der Waals surface area contributed by atoms with Gasteiger partial charge in [0.1, 0.15) is 4.47 Å². The van der Waals surface area contributed by atoms with Crippen molar-refractivity contribution in [3.05, 3.63) is 21.0 Å². The number of hydrogen-bond donors (Lipinski definition) is 1. The van der Waals surface area contributed by atoms with Crippen molar-refractivity contribution >= 4 is 21.6 Å². The first kappa shape index (κ1) is 15.0. The van der Waals surface area contributed by atoms with Crippen LogP contribution < -0.4 is 10.9 Å². The molecule has 1 aromatic rings. The Morgan fingerprint density at radius 2 is 2.33 bits per heavy atom. The molecule has 2 saturated heterocycles. The summed E-state index contributed by atoms with van der Waals surface area (Å²) >= 11 is 3.41. The SMILES string of the molecule is CN(C)CCn1ncc(NC2CC3CCC2O3)c(Br)c1=O. The quantitative estimate of drug-likeness (QED) is 0.861. The Morgan fingerprint density at radius 3 is 2.95 bits per heavy atom. The molecule has 0 aromatic carbocycles. The normalized spacial score (nSPS) is 27.5. The van der Waals surface area contributed by atoms with E-state index in [1.54, 1.807) is 6.20 Å². The number of anilines is 1. The second-order valence-corrected chi connectivity index (χ2v) is 6.86. The van der Waals surface area contributed by atoms with Crippen LogP contribution in [0.15, 0.2) is 15.5 Å². The summed E-state index contributed by atoms with van der Waals surface area (Å²) in [6.45, 7) is 1.37. The number of aromatic nitrogens is 2. The molecule has 1 aromatic heterocycles. The third kappa shape index (κ3) is 3.14. The van der Waals surface area contributed by atoms with E-state index >= 15 is 0 Å². The lowest BCUT2D eigenvalue weighted by Gasteiger charge is -2.22. The summed E-state index contributed by atoms with van der Waals surface area (Å²) in [6, 6.07) is 0.291. The molecule has 3 unspecified atom stereocenters. The first-order valence-electron chi connectivity index (χ1n) is 7.37. The van der Waals surface area contributed by atoms with Crippen LogP contribution in [-0.2, 0) is 11.3 Å². The summed E-state index contributed by atoms with van der Waals surface area (Å²) in [7, 11) is 3.95. The van der Waals surface area contributed by atoms with Crippen molar-refractivity contribution in [1.29, 1.82) is 0 Å². The van der Waals surface area contributed by atoms with Gasteiger partial charge in [0.2, 0.25) is 0 Å². The zero-order chi connectivity index (χ0) is 15.0. The van der Waals surface area contributed by atoms with Crippen LogP contribution in [0, 0.1) is 0 Å². The fraction of sp³-hybridized carbons (Fsp3) is 0.714. The Morgan fingerprint density at radius 1 is 1.52 bits per heavy atom. The van der Waals surface area contributed by atoms with Gasteiger partial charge in [-0.15, -0.1) is 0 Å².